The standard InChI is InChI=1S/C33H33F3N6O4S/c1-19(2)27-16-26(45-5)14-15-28(27)42-29(43)17-47-32(42)39-31(44)38-21(4)20(3)22-6-8-23(9-7-22)30-37-18-41(40-30)24-10-12-25(13-11-24)46-33(34,35)36/h6-16,18-21H,17H2,1-5H3,(H,38,44). The molecular weight excluding hydrogens is 633 g/mol. The maximum atomic E-state index is 13.0. The van der Waals surface area contributed by atoms with Crippen molar-refractivity contribution in [3.8, 4) is 28.6 Å². The highest BCUT2D eigenvalue weighted by atomic mass is 32.2. The quantitative estimate of drug-likeness (QED) is 0.200. The third-order valence-electron chi connectivity index (χ3n) is 7.68. The van der Waals surface area contributed by atoms with E-state index in [-0.39, 0.29) is 35.3 Å². The molecule has 1 N–H and O–H groups in total. The van der Waals surface area contributed by atoms with Crippen LogP contribution in [0.2, 0.25) is 0 Å². The molecule has 2 atom stereocenters. The van der Waals surface area contributed by atoms with Gasteiger partial charge in [0, 0.05) is 17.5 Å². The molecule has 1 aliphatic heterocycles. The summed E-state index contributed by atoms with van der Waals surface area (Å²) in [5.74, 6) is 0.846. The number of rotatable bonds is 9. The summed E-state index contributed by atoms with van der Waals surface area (Å²) in [5, 5.41) is 7.70. The Bertz CT molecular complexity index is 1770. The van der Waals surface area contributed by atoms with Crippen LogP contribution >= 0.6 is 11.8 Å². The van der Waals surface area contributed by atoms with E-state index in [1.165, 1.54) is 51.9 Å². The summed E-state index contributed by atoms with van der Waals surface area (Å²) in [4.78, 5) is 36.0. The van der Waals surface area contributed by atoms with Gasteiger partial charge < -0.3 is 14.8 Å². The van der Waals surface area contributed by atoms with Crippen LogP contribution in [0.1, 0.15) is 50.7 Å². The molecule has 0 saturated carbocycles. The van der Waals surface area contributed by atoms with Crippen molar-refractivity contribution in [2.45, 2.75) is 51.9 Å². The van der Waals surface area contributed by atoms with Gasteiger partial charge in [-0.2, -0.15) is 4.99 Å². The van der Waals surface area contributed by atoms with Gasteiger partial charge in [-0.05, 0) is 66.4 Å². The van der Waals surface area contributed by atoms with Gasteiger partial charge in [-0.3, -0.25) is 9.69 Å². The average molecular weight is 667 g/mol. The number of benzene rings is 3. The van der Waals surface area contributed by atoms with Gasteiger partial charge in [0.05, 0.1) is 24.2 Å². The van der Waals surface area contributed by atoms with E-state index in [1.54, 1.807) is 13.2 Å². The number of aromatic nitrogens is 3. The van der Waals surface area contributed by atoms with Gasteiger partial charge in [0.15, 0.2) is 11.0 Å². The van der Waals surface area contributed by atoms with E-state index in [0.717, 1.165) is 16.7 Å². The third kappa shape index (κ3) is 7.94. The first-order valence-corrected chi connectivity index (χ1v) is 15.7. The van der Waals surface area contributed by atoms with Gasteiger partial charge in [-0.1, -0.05) is 56.8 Å². The molecule has 0 aliphatic carbocycles. The van der Waals surface area contributed by atoms with Gasteiger partial charge in [-0.25, -0.2) is 14.5 Å². The fourth-order valence-electron chi connectivity index (χ4n) is 4.99. The molecule has 3 amide bonds. The fourth-order valence-corrected chi connectivity index (χ4v) is 5.85. The summed E-state index contributed by atoms with van der Waals surface area (Å²) in [6.45, 7) is 7.92. The molecule has 2 unspecified atom stereocenters. The van der Waals surface area contributed by atoms with Gasteiger partial charge >= 0.3 is 12.4 Å². The van der Waals surface area contributed by atoms with E-state index in [0.29, 0.717) is 28.1 Å². The number of halogens is 3. The number of urea groups is 1. The van der Waals surface area contributed by atoms with Gasteiger partial charge in [0.1, 0.15) is 17.8 Å². The van der Waals surface area contributed by atoms with Gasteiger partial charge in [0.25, 0.3) is 0 Å². The number of aliphatic imine (C=N–C) groups is 1. The second kappa shape index (κ2) is 13.9. The average Bonchev–Trinajstić information content (AvgIpc) is 3.67. The zero-order chi connectivity index (χ0) is 33.9. The molecule has 10 nitrogen and oxygen atoms in total. The molecule has 0 spiro atoms. The zero-order valence-electron chi connectivity index (χ0n) is 26.3. The number of ether oxygens (including phenoxy) is 2. The zero-order valence-corrected chi connectivity index (χ0v) is 27.1. The third-order valence-corrected chi connectivity index (χ3v) is 8.61. The number of methoxy groups -OCH3 is 1. The van der Waals surface area contributed by atoms with Crippen molar-refractivity contribution in [3.05, 3.63) is 84.2 Å². The maximum absolute atomic E-state index is 13.0. The number of nitrogens with one attached hydrogen (secondary N) is 1. The van der Waals surface area contributed by atoms with Crippen molar-refractivity contribution in [2.75, 3.05) is 17.8 Å². The largest absolute Gasteiger partial charge is 0.573 e. The number of hydrogen-bond donors (Lipinski definition) is 1. The molecule has 1 fully saturated rings. The van der Waals surface area contributed by atoms with Crippen LogP contribution in [0, 0.1) is 0 Å². The number of nitrogens with zero attached hydrogens (tertiary/aromatic N) is 5. The van der Waals surface area contributed by atoms with Crippen LogP contribution in [-0.4, -0.2) is 57.1 Å². The van der Waals surface area contributed by atoms with Gasteiger partial charge in [0.2, 0.25) is 5.91 Å². The Labute approximate surface area is 274 Å². The van der Waals surface area contributed by atoms with Crippen LogP contribution < -0.4 is 19.7 Å². The van der Waals surface area contributed by atoms with Crippen molar-refractivity contribution < 1.29 is 32.2 Å². The molecule has 0 radical (unpaired) electrons. The Balaban J connectivity index is 1.24. The van der Waals surface area contributed by atoms with Crippen molar-refractivity contribution >= 4 is 34.6 Å². The predicted molar refractivity (Wildman–Crippen MR) is 174 cm³/mol. The minimum Gasteiger partial charge on any atom is -0.497 e. The molecular formula is C33H33F3N6O4S. The number of amides is 3. The maximum Gasteiger partial charge on any atom is 0.573 e. The molecule has 1 saturated heterocycles. The van der Waals surface area contributed by atoms with Crippen LogP contribution in [0.15, 0.2) is 78.0 Å². The summed E-state index contributed by atoms with van der Waals surface area (Å²) in [7, 11) is 1.59. The minimum atomic E-state index is -4.77. The van der Waals surface area contributed by atoms with Crippen LogP contribution in [0.4, 0.5) is 23.7 Å². The van der Waals surface area contributed by atoms with Crippen molar-refractivity contribution in [2.24, 2.45) is 4.99 Å². The monoisotopic (exact) mass is 666 g/mol. The number of thioether (sulfide) groups is 1. The Morgan fingerprint density at radius 1 is 1.00 bits per heavy atom. The molecule has 246 valence electrons. The highest BCUT2D eigenvalue weighted by Gasteiger charge is 2.33. The summed E-state index contributed by atoms with van der Waals surface area (Å²) in [6.07, 6.45) is -3.29. The van der Waals surface area contributed by atoms with E-state index in [1.807, 2.05) is 64.1 Å². The Hall–Kier alpha value is -4.85. The molecule has 14 heteroatoms. The van der Waals surface area contributed by atoms with Crippen LogP contribution in [0.3, 0.4) is 0 Å². The first kappa shape index (κ1) is 33.5. The molecule has 3 aromatic carbocycles. The lowest BCUT2D eigenvalue weighted by molar-refractivity contribution is -0.274. The molecule has 2 heterocycles. The normalized spacial score (nSPS) is 15.6. The van der Waals surface area contributed by atoms with Crippen LogP contribution in [0.25, 0.3) is 17.1 Å². The van der Waals surface area contributed by atoms with Crippen molar-refractivity contribution in [1.82, 2.24) is 20.1 Å². The number of carbonyl (C=O) groups is 2. The number of anilines is 1. The summed E-state index contributed by atoms with van der Waals surface area (Å²) >= 11 is 1.22. The summed E-state index contributed by atoms with van der Waals surface area (Å²) in [5.41, 5.74) is 3.80. The van der Waals surface area contributed by atoms with Crippen molar-refractivity contribution in [3.63, 3.8) is 0 Å². The Kier molecular flexibility index (Phi) is 9.89. The molecule has 1 aromatic heterocycles. The molecule has 0 bridgehead atoms. The second-order valence-electron chi connectivity index (χ2n) is 11.2. The van der Waals surface area contributed by atoms with Gasteiger partial charge in [-0.15, -0.1) is 18.3 Å². The van der Waals surface area contributed by atoms with Crippen LogP contribution in [-0.2, 0) is 4.79 Å². The van der Waals surface area contributed by atoms with E-state index in [2.05, 4.69) is 25.1 Å². The smallest absolute Gasteiger partial charge is 0.497 e. The SMILES string of the molecule is COc1ccc(N2C(=O)CSC2=NC(=O)NC(C)C(C)c2ccc(-c3ncn(-c4ccc(OC(F)(F)F)cc4)n3)cc2)c(C(C)C)c1. The fraction of sp³-hybridized carbons (Fsp3) is 0.303. The first-order chi connectivity index (χ1) is 22.3. The van der Waals surface area contributed by atoms with Crippen molar-refractivity contribution in [1.29, 1.82) is 0 Å². The summed E-state index contributed by atoms with van der Waals surface area (Å²) in [6, 6.07) is 17.5. The minimum absolute atomic E-state index is 0.0840. The summed E-state index contributed by atoms with van der Waals surface area (Å²) < 4.78 is 48.1. The molecule has 1 aliphatic rings. The van der Waals surface area contributed by atoms with E-state index in [9.17, 15) is 22.8 Å². The lowest BCUT2D eigenvalue weighted by Gasteiger charge is -2.23. The second-order valence-corrected chi connectivity index (χ2v) is 12.1. The lowest BCUT2D eigenvalue weighted by Crippen LogP contribution is -2.36. The van der Waals surface area contributed by atoms with E-state index >= 15 is 0 Å². The number of alkyl halides is 3. The highest BCUT2D eigenvalue weighted by molar-refractivity contribution is 8.15. The Morgan fingerprint density at radius 2 is 1.68 bits per heavy atom. The molecule has 5 rings (SSSR count). The topological polar surface area (TPSA) is 111 Å². The highest BCUT2D eigenvalue weighted by Crippen LogP contribution is 2.36. The van der Waals surface area contributed by atoms with E-state index in [4.69, 9.17) is 4.74 Å². The molecule has 47 heavy (non-hydrogen) atoms. The number of carbonyl (C=O) groups excluding carboxylic acids is 2. The number of amidine groups is 1. The predicted octanol–water partition coefficient (Wildman–Crippen LogP) is 7.30. The lowest BCUT2D eigenvalue weighted by atomic mass is 9.93. The van der Waals surface area contributed by atoms with E-state index < -0.39 is 12.4 Å². The first-order valence-electron chi connectivity index (χ1n) is 14.7. The molecule has 4 aromatic rings. The number of hydrogen-bond acceptors (Lipinski definition) is 7. The van der Waals surface area contributed by atoms with Crippen LogP contribution in [0.5, 0.6) is 11.5 Å². The Morgan fingerprint density at radius 3 is 2.32 bits per heavy atom.